The van der Waals surface area contributed by atoms with Crippen molar-refractivity contribution < 1.29 is 9.53 Å². The third-order valence-corrected chi connectivity index (χ3v) is 9.62. The molecule has 2 fully saturated rings. The number of nitrogens with zero attached hydrogens (tertiary/aromatic N) is 4. The fourth-order valence-corrected chi connectivity index (χ4v) is 6.90. The molecular formula is C37H52N6O3. The highest BCUT2D eigenvalue weighted by Gasteiger charge is 2.25. The van der Waals surface area contributed by atoms with Crippen molar-refractivity contribution in [1.29, 1.82) is 0 Å². The molecule has 2 aliphatic heterocycles. The Morgan fingerprint density at radius 2 is 1.87 bits per heavy atom. The van der Waals surface area contributed by atoms with Gasteiger partial charge in [0.15, 0.2) is 0 Å². The summed E-state index contributed by atoms with van der Waals surface area (Å²) in [5.74, 6) is -0.0210. The van der Waals surface area contributed by atoms with Crippen LogP contribution in [0.2, 0.25) is 0 Å². The van der Waals surface area contributed by atoms with Crippen LogP contribution in [-0.2, 0) is 17.8 Å². The number of H-pyrrole nitrogens is 1. The highest BCUT2D eigenvalue weighted by Crippen LogP contribution is 2.34. The zero-order valence-corrected chi connectivity index (χ0v) is 28.6. The Hall–Kier alpha value is -3.53. The van der Waals surface area contributed by atoms with Crippen LogP contribution in [-0.4, -0.2) is 84.7 Å². The molecule has 0 unspecified atom stereocenters. The molecule has 9 nitrogen and oxygen atoms in total. The molecule has 46 heavy (non-hydrogen) atoms. The summed E-state index contributed by atoms with van der Waals surface area (Å²) in [5, 5.41) is 3.09. The first kappa shape index (κ1) is 33.8. The van der Waals surface area contributed by atoms with E-state index in [0.717, 1.165) is 105 Å². The molecule has 0 atom stereocenters. The summed E-state index contributed by atoms with van der Waals surface area (Å²) in [6.45, 7) is 17.9. The van der Waals surface area contributed by atoms with E-state index in [1.807, 2.05) is 32.2 Å². The number of hydrogen-bond acceptors (Lipinski definition) is 7. The number of rotatable bonds is 10. The third kappa shape index (κ3) is 8.06. The maximum Gasteiger partial charge on any atom is 0.253 e. The number of carbonyl (C=O) groups is 1. The monoisotopic (exact) mass is 628 g/mol. The first-order valence-electron chi connectivity index (χ1n) is 17.0. The van der Waals surface area contributed by atoms with E-state index in [2.05, 4.69) is 71.0 Å². The summed E-state index contributed by atoms with van der Waals surface area (Å²) in [6.07, 6.45) is 5.02. The Labute approximate surface area is 274 Å². The van der Waals surface area contributed by atoms with Gasteiger partial charge in [-0.1, -0.05) is 19.9 Å². The predicted octanol–water partition coefficient (Wildman–Crippen LogP) is 5.25. The van der Waals surface area contributed by atoms with Crippen molar-refractivity contribution in [3.8, 4) is 11.1 Å². The Bertz CT molecular complexity index is 1540. The predicted molar refractivity (Wildman–Crippen MR) is 186 cm³/mol. The largest absolute Gasteiger partial charge is 0.381 e. The highest BCUT2D eigenvalue weighted by atomic mass is 16.5. The van der Waals surface area contributed by atoms with E-state index in [4.69, 9.17) is 9.72 Å². The van der Waals surface area contributed by atoms with Crippen molar-refractivity contribution in [2.75, 3.05) is 57.9 Å². The van der Waals surface area contributed by atoms with Crippen LogP contribution in [0.25, 0.3) is 11.1 Å². The maximum absolute atomic E-state index is 14.0. The van der Waals surface area contributed by atoms with Crippen LogP contribution < -0.4 is 15.8 Å². The molecule has 248 valence electrons. The molecule has 4 heterocycles. The number of aromatic amines is 1. The molecule has 0 aliphatic carbocycles. The van der Waals surface area contributed by atoms with Crippen LogP contribution >= 0.6 is 0 Å². The van der Waals surface area contributed by atoms with Gasteiger partial charge in [0, 0.05) is 86.2 Å². The number of pyridine rings is 2. The fourth-order valence-electron chi connectivity index (χ4n) is 6.90. The number of aryl methyl sites for hydroxylation is 1. The van der Waals surface area contributed by atoms with Crippen molar-refractivity contribution in [3.63, 3.8) is 0 Å². The number of carbonyl (C=O) groups excluding carboxylic acids is 1. The second-order valence-corrected chi connectivity index (χ2v) is 13.3. The van der Waals surface area contributed by atoms with E-state index >= 15 is 0 Å². The minimum absolute atomic E-state index is 0.148. The average molecular weight is 629 g/mol. The van der Waals surface area contributed by atoms with Crippen LogP contribution in [0.15, 0.2) is 41.3 Å². The van der Waals surface area contributed by atoms with Crippen molar-refractivity contribution in [3.05, 3.63) is 80.5 Å². The van der Waals surface area contributed by atoms with Gasteiger partial charge in [-0.2, -0.15) is 0 Å². The Morgan fingerprint density at radius 3 is 2.57 bits per heavy atom. The molecule has 1 amide bonds. The molecule has 2 saturated heterocycles. The summed E-state index contributed by atoms with van der Waals surface area (Å²) in [7, 11) is 2.19. The molecule has 0 spiro atoms. The number of benzene rings is 1. The molecule has 0 bridgehead atoms. The van der Waals surface area contributed by atoms with E-state index in [1.54, 1.807) is 0 Å². The Kier molecular flexibility index (Phi) is 11.3. The van der Waals surface area contributed by atoms with Gasteiger partial charge in [-0.3, -0.25) is 19.5 Å². The van der Waals surface area contributed by atoms with E-state index in [0.29, 0.717) is 17.2 Å². The van der Waals surface area contributed by atoms with E-state index in [1.165, 1.54) is 6.42 Å². The van der Waals surface area contributed by atoms with Gasteiger partial charge in [0.05, 0.1) is 5.69 Å². The molecule has 0 radical (unpaired) electrons. The van der Waals surface area contributed by atoms with E-state index in [-0.39, 0.29) is 23.9 Å². The number of aromatic nitrogens is 2. The number of amides is 1. The minimum Gasteiger partial charge on any atom is -0.381 e. The molecule has 1 aromatic carbocycles. The summed E-state index contributed by atoms with van der Waals surface area (Å²) in [4.78, 5) is 42.0. The van der Waals surface area contributed by atoms with Gasteiger partial charge in [-0.15, -0.1) is 0 Å². The summed E-state index contributed by atoms with van der Waals surface area (Å²) in [6, 6.07) is 10.8. The standard InChI is InChI=1S/C37H52N6O3/c1-7-43(31-11-17-46-18-12-31)35-21-29(28-9-10-30(38-22-28)24-42-14-8-13-41(6)15-16-42)20-33(27(35)5)36(44)39-23-34-32(25(2)3)19-26(4)40-37(34)45/h9-10,19-22,25,31H,7-8,11-18,23-24H2,1-6H3,(H,39,44)(H,40,45). The normalized spacial score (nSPS) is 16.8. The van der Waals surface area contributed by atoms with Crippen LogP contribution in [0, 0.1) is 13.8 Å². The van der Waals surface area contributed by atoms with Crippen LogP contribution in [0.5, 0.6) is 0 Å². The maximum atomic E-state index is 14.0. The van der Waals surface area contributed by atoms with Crippen LogP contribution in [0.4, 0.5) is 5.69 Å². The number of likely N-dealkylation sites (N-methyl/N-ethyl adjacent to an activating group) is 1. The average Bonchev–Trinajstić information content (AvgIpc) is 3.25. The minimum atomic E-state index is -0.186. The molecular weight excluding hydrogens is 576 g/mol. The van der Waals surface area contributed by atoms with Gasteiger partial charge in [0.2, 0.25) is 0 Å². The number of nitrogens with one attached hydrogen (secondary N) is 2. The van der Waals surface area contributed by atoms with Crippen LogP contribution in [0.3, 0.4) is 0 Å². The lowest BCUT2D eigenvalue weighted by molar-refractivity contribution is 0.0846. The first-order chi connectivity index (χ1) is 22.1. The smallest absolute Gasteiger partial charge is 0.253 e. The van der Waals surface area contributed by atoms with Gasteiger partial charge in [-0.05, 0) is 107 Å². The van der Waals surface area contributed by atoms with Crippen molar-refractivity contribution >= 4 is 11.6 Å². The van der Waals surface area contributed by atoms with Gasteiger partial charge in [0.1, 0.15) is 0 Å². The summed E-state index contributed by atoms with van der Waals surface area (Å²) in [5.41, 5.74) is 7.86. The van der Waals surface area contributed by atoms with Gasteiger partial charge in [-0.25, -0.2) is 0 Å². The Morgan fingerprint density at radius 1 is 1.09 bits per heavy atom. The van der Waals surface area contributed by atoms with Crippen LogP contribution in [0.1, 0.15) is 84.4 Å². The Balaban J connectivity index is 1.46. The van der Waals surface area contributed by atoms with Gasteiger partial charge in [0.25, 0.3) is 11.5 Å². The second-order valence-electron chi connectivity index (χ2n) is 13.3. The SMILES string of the molecule is CCN(c1cc(-c2ccc(CN3CCCN(C)CC3)nc2)cc(C(=O)NCc2c(C(C)C)cc(C)[nH]c2=O)c1C)C1CCOCC1. The number of ether oxygens (including phenoxy) is 1. The third-order valence-electron chi connectivity index (χ3n) is 9.62. The summed E-state index contributed by atoms with van der Waals surface area (Å²) < 4.78 is 5.68. The fraction of sp³-hybridized carbons (Fsp3) is 0.541. The second kappa shape index (κ2) is 15.4. The van der Waals surface area contributed by atoms with E-state index < -0.39 is 0 Å². The van der Waals surface area contributed by atoms with Gasteiger partial charge < -0.3 is 24.8 Å². The topological polar surface area (TPSA) is 93.8 Å². The van der Waals surface area contributed by atoms with Crippen molar-refractivity contribution in [1.82, 2.24) is 25.1 Å². The molecule has 2 aromatic heterocycles. The zero-order valence-electron chi connectivity index (χ0n) is 28.6. The van der Waals surface area contributed by atoms with E-state index in [9.17, 15) is 9.59 Å². The number of anilines is 1. The molecule has 2 aliphatic rings. The summed E-state index contributed by atoms with van der Waals surface area (Å²) >= 11 is 0. The van der Waals surface area contributed by atoms with Gasteiger partial charge >= 0.3 is 0 Å². The van der Waals surface area contributed by atoms with Crippen molar-refractivity contribution in [2.45, 2.75) is 78.9 Å². The molecule has 2 N–H and O–H groups in total. The quantitative estimate of drug-likeness (QED) is 0.317. The molecule has 9 heteroatoms. The van der Waals surface area contributed by atoms with Crippen molar-refractivity contribution in [2.24, 2.45) is 0 Å². The lowest BCUT2D eigenvalue weighted by atomic mass is 9.95. The highest BCUT2D eigenvalue weighted by molar-refractivity contribution is 5.99. The molecule has 3 aromatic rings. The molecule has 0 saturated carbocycles. The molecule has 5 rings (SSSR count). The number of hydrogen-bond donors (Lipinski definition) is 2. The first-order valence-corrected chi connectivity index (χ1v) is 17.0. The lowest BCUT2D eigenvalue weighted by Gasteiger charge is -2.37. The lowest BCUT2D eigenvalue weighted by Crippen LogP contribution is -2.40. The zero-order chi connectivity index (χ0) is 32.8.